The molecule has 1 heterocycles. The normalized spacial score (nSPS) is 10.6. The summed E-state index contributed by atoms with van der Waals surface area (Å²) in [7, 11) is 1.55. The van der Waals surface area contributed by atoms with Crippen molar-refractivity contribution in [2.45, 2.75) is 13.3 Å². The first-order valence-electron chi connectivity index (χ1n) is 10.5. The molecule has 0 aliphatic rings. The quantitative estimate of drug-likeness (QED) is 0.407. The van der Waals surface area contributed by atoms with Crippen molar-refractivity contribution >= 4 is 34.1 Å². The van der Waals surface area contributed by atoms with Gasteiger partial charge in [0, 0.05) is 16.6 Å². The lowest BCUT2D eigenvalue weighted by Crippen LogP contribution is -2.23. The van der Waals surface area contributed by atoms with Crippen molar-refractivity contribution in [3.8, 4) is 5.75 Å². The van der Waals surface area contributed by atoms with Crippen LogP contribution in [0, 0.1) is 0 Å². The summed E-state index contributed by atoms with van der Waals surface area (Å²) >= 11 is 0. The Morgan fingerprint density at radius 2 is 1.64 bits per heavy atom. The number of hydrogen-bond acceptors (Lipinski definition) is 4. The molecule has 33 heavy (non-hydrogen) atoms. The standard InChI is InChI=1S/C26H23N3O4/c1-3-16-7-9-17(10-8-16)24(30)28-22-5-4-6-23-20(22)15-21(26(32)29-23)25(31)27-18-11-13-19(33-2)14-12-18/h4-15H,3H2,1-2H3,(H,27,31)(H,28,30)(H,29,32). The summed E-state index contributed by atoms with van der Waals surface area (Å²) in [5.41, 5.74) is 2.61. The van der Waals surface area contributed by atoms with Crippen LogP contribution in [0.2, 0.25) is 0 Å². The van der Waals surface area contributed by atoms with E-state index in [0.717, 1.165) is 12.0 Å². The third kappa shape index (κ3) is 4.77. The zero-order chi connectivity index (χ0) is 23.4. The van der Waals surface area contributed by atoms with E-state index in [1.807, 2.05) is 19.1 Å². The van der Waals surface area contributed by atoms with Crippen molar-refractivity contribution in [3.05, 3.63) is 99.8 Å². The number of aromatic amines is 1. The van der Waals surface area contributed by atoms with Crippen LogP contribution in [-0.4, -0.2) is 23.9 Å². The van der Waals surface area contributed by atoms with Crippen LogP contribution >= 0.6 is 0 Å². The van der Waals surface area contributed by atoms with Gasteiger partial charge in [-0.2, -0.15) is 0 Å². The molecule has 3 aromatic carbocycles. The second-order valence-electron chi connectivity index (χ2n) is 7.47. The maximum Gasteiger partial charge on any atom is 0.261 e. The second kappa shape index (κ2) is 9.40. The van der Waals surface area contributed by atoms with Gasteiger partial charge in [-0.3, -0.25) is 14.4 Å². The average Bonchev–Trinajstić information content (AvgIpc) is 2.84. The minimum atomic E-state index is -0.556. The number of rotatable bonds is 6. The monoisotopic (exact) mass is 441 g/mol. The number of methoxy groups -OCH3 is 1. The van der Waals surface area contributed by atoms with Crippen LogP contribution in [0.15, 0.2) is 77.6 Å². The van der Waals surface area contributed by atoms with E-state index in [1.165, 1.54) is 6.07 Å². The van der Waals surface area contributed by atoms with E-state index in [4.69, 9.17) is 4.74 Å². The molecular weight excluding hydrogens is 418 g/mol. The van der Waals surface area contributed by atoms with Gasteiger partial charge in [0.25, 0.3) is 17.4 Å². The number of amides is 2. The molecule has 0 bridgehead atoms. The predicted molar refractivity (Wildman–Crippen MR) is 129 cm³/mol. The number of ether oxygens (including phenoxy) is 1. The van der Waals surface area contributed by atoms with Gasteiger partial charge in [0.05, 0.1) is 18.3 Å². The summed E-state index contributed by atoms with van der Waals surface area (Å²) in [6.07, 6.45) is 0.889. The fourth-order valence-electron chi connectivity index (χ4n) is 3.47. The lowest BCUT2D eigenvalue weighted by molar-refractivity contribution is 0.101. The zero-order valence-electron chi connectivity index (χ0n) is 18.3. The molecule has 0 saturated carbocycles. The lowest BCUT2D eigenvalue weighted by atomic mass is 10.1. The molecule has 1 aromatic heterocycles. The number of aromatic nitrogens is 1. The van der Waals surface area contributed by atoms with Crippen LogP contribution in [-0.2, 0) is 6.42 Å². The summed E-state index contributed by atoms with van der Waals surface area (Å²) in [5, 5.41) is 6.14. The summed E-state index contributed by atoms with van der Waals surface area (Å²) in [5.74, 6) is -0.179. The summed E-state index contributed by atoms with van der Waals surface area (Å²) in [6.45, 7) is 2.05. The number of benzene rings is 3. The SMILES string of the molecule is CCc1ccc(C(=O)Nc2cccc3[nH]c(=O)c(C(=O)Nc4ccc(OC)cc4)cc23)cc1. The van der Waals surface area contributed by atoms with Gasteiger partial charge in [0.1, 0.15) is 11.3 Å². The summed E-state index contributed by atoms with van der Waals surface area (Å²) < 4.78 is 5.11. The fraction of sp³-hybridized carbons (Fsp3) is 0.115. The maximum atomic E-state index is 12.8. The van der Waals surface area contributed by atoms with Crippen LogP contribution in [0.5, 0.6) is 5.75 Å². The number of fused-ring (bicyclic) bond motifs is 1. The van der Waals surface area contributed by atoms with Crippen molar-refractivity contribution in [1.82, 2.24) is 4.98 Å². The van der Waals surface area contributed by atoms with E-state index < -0.39 is 11.5 Å². The molecule has 0 radical (unpaired) electrons. The zero-order valence-corrected chi connectivity index (χ0v) is 18.3. The highest BCUT2D eigenvalue weighted by atomic mass is 16.5. The van der Waals surface area contributed by atoms with E-state index in [9.17, 15) is 14.4 Å². The molecule has 2 amide bonds. The number of carbonyl (C=O) groups is 2. The van der Waals surface area contributed by atoms with Crippen molar-refractivity contribution in [1.29, 1.82) is 0 Å². The molecular formula is C26H23N3O4. The average molecular weight is 441 g/mol. The lowest BCUT2D eigenvalue weighted by Gasteiger charge is -2.11. The third-order valence-corrected chi connectivity index (χ3v) is 5.35. The Morgan fingerprint density at radius 3 is 2.30 bits per heavy atom. The molecule has 166 valence electrons. The Labute approximate surface area is 190 Å². The second-order valence-corrected chi connectivity index (χ2v) is 7.47. The number of hydrogen-bond donors (Lipinski definition) is 3. The predicted octanol–water partition coefficient (Wildman–Crippen LogP) is 4.60. The van der Waals surface area contributed by atoms with E-state index in [0.29, 0.717) is 33.6 Å². The molecule has 0 aliphatic carbocycles. The number of anilines is 2. The van der Waals surface area contributed by atoms with Crippen molar-refractivity contribution in [3.63, 3.8) is 0 Å². The van der Waals surface area contributed by atoms with Crippen LogP contribution in [0.25, 0.3) is 10.9 Å². The van der Waals surface area contributed by atoms with E-state index >= 15 is 0 Å². The Hall–Kier alpha value is -4.39. The van der Waals surface area contributed by atoms with Crippen molar-refractivity contribution in [2.24, 2.45) is 0 Å². The molecule has 7 heteroatoms. The highest BCUT2D eigenvalue weighted by Gasteiger charge is 2.15. The van der Waals surface area contributed by atoms with Crippen molar-refractivity contribution < 1.29 is 14.3 Å². The number of carbonyl (C=O) groups excluding carboxylic acids is 2. The molecule has 7 nitrogen and oxygen atoms in total. The molecule has 4 rings (SSSR count). The Morgan fingerprint density at radius 1 is 0.909 bits per heavy atom. The van der Waals surface area contributed by atoms with Crippen LogP contribution in [0.1, 0.15) is 33.2 Å². The van der Waals surface area contributed by atoms with Gasteiger partial charge in [0.15, 0.2) is 0 Å². The number of aryl methyl sites for hydroxylation is 1. The molecule has 4 aromatic rings. The third-order valence-electron chi connectivity index (χ3n) is 5.35. The number of H-pyrrole nitrogens is 1. The van der Waals surface area contributed by atoms with E-state index in [2.05, 4.69) is 15.6 Å². The van der Waals surface area contributed by atoms with Gasteiger partial charge < -0.3 is 20.4 Å². The van der Waals surface area contributed by atoms with Gasteiger partial charge in [-0.15, -0.1) is 0 Å². The largest absolute Gasteiger partial charge is 0.497 e. The first-order valence-corrected chi connectivity index (χ1v) is 10.5. The Kier molecular flexibility index (Phi) is 6.22. The molecule has 0 fully saturated rings. The summed E-state index contributed by atoms with van der Waals surface area (Å²) in [4.78, 5) is 40.8. The van der Waals surface area contributed by atoms with Crippen molar-refractivity contribution in [2.75, 3.05) is 17.7 Å². The maximum absolute atomic E-state index is 12.8. The van der Waals surface area contributed by atoms with Gasteiger partial charge in [-0.25, -0.2) is 0 Å². The topological polar surface area (TPSA) is 100 Å². The highest BCUT2D eigenvalue weighted by Crippen LogP contribution is 2.23. The van der Waals surface area contributed by atoms with E-state index in [-0.39, 0.29) is 11.5 Å². The first-order chi connectivity index (χ1) is 16.0. The molecule has 0 unspecified atom stereocenters. The fourth-order valence-corrected chi connectivity index (χ4v) is 3.47. The minimum absolute atomic E-state index is 0.0627. The van der Waals surface area contributed by atoms with Gasteiger partial charge in [-0.1, -0.05) is 25.1 Å². The van der Waals surface area contributed by atoms with Gasteiger partial charge in [0.2, 0.25) is 0 Å². The Bertz CT molecular complexity index is 1370. The van der Waals surface area contributed by atoms with Crippen LogP contribution < -0.4 is 20.9 Å². The minimum Gasteiger partial charge on any atom is -0.497 e. The first kappa shape index (κ1) is 21.8. The molecule has 0 saturated heterocycles. The van der Waals surface area contributed by atoms with Crippen LogP contribution in [0.3, 0.4) is 0 Å². The smallest absolute Gasteiger partial charge is 0.261 e. The van der Waals surface area contributed by atoms with Gasteiger partial charge in [-0.05, 0) is 66.6 Å². The number of nitrogens with one attached hydrogen (secondary N) is 3. The van der Waals surface area contributed by atoms with Crippen LogP contribution in [0.4, 0.5) is 11.4 Å². The molecule has 0 atom stereocenters. The molecule has 0 spiro atoms. The highest BCUT2D eigenvalue weighted by molar-refractivity contribution is 6.11. The number of pyridine rings is 1. The van der Waals surface area contributed by atoms with Gasteiger partial charge >= 0.3 is 0 Å². The molecule has 3 N–H and O–H groups in total. The van der Waals surface area contributed by atoms with E-state index in [1.54, 1.807) is 61.7 Å². The molecule has 0 aliphatic heterocycles. The Balaban J connectivity index is 1.63. The summed E-state index contributed by atoms with van der Waals surface area (Å²) in [6, 6.07) is 20.8.